The number of nitrogens with zero attached hydrogens (tertiary/aromatic N) is 2. The van der Waals surface area contributed by atoms with Crippen molar-refractivity contribution >= 4 is 43.2 Å². The van der Waals surface area contributed by atoms with Crippen molar-refractivity contribution < 1.29 is 9.85 Å². The number of halogens is 2. The van der Waals surface area contributed by atoms with Crippen LogP contribution < -0.4 is 0 Å². The molecular weight excluding hydrogens is 420 g/mol. The molecule has 0 aliphatic rings. The molecular formula is C14H6Br2N2O4. The molecule has 0 aromatic heterocycles. The van der Waals surface area contributed by atoms with Gasteiger partial charge in [0.1, 0.15) is 11.1 Å². The van der Waals surface area contributed by atoms with E-state index in [4.69, 9.17) is 0 Å². The van der Waals surface area contributed by atoms with Gasteiger partial charge in [-0.25, -0.2) is 0 Å². The van der Waals surface area contributed by atoms with Gasteiger partial charge in [0, 0.05) is 21.1 Å². The van der Waals surface area contributed by atoms with E-state index in [1.807, 2.05) is 0 Å². The minimum absolute atomic E-state index is 0.165. The molecule has 0 bridgehead atoms. The average molecular weight is 426 g/mol. The first-order valence-corrected chi connectivity index (χ1v) is 7.37. The Kier molecular flexibility index (Phi) is 4.90. The molecule has 8 heteroatoms. The van der Waals surface area contributed by atoms with E-state index in [1.165, 1.54) is 24.3 Å². The van der Waals surface area contributed by atoms with Gasteiger partial charge >= 0.3 is 0 Å². The Bertz CT molecular complexity index is 773. The lowest BCUT2D eigenvalue weighted by Crippen LogP contribution is -1.93. The molecule has 0 radical (unpaired) electrons. The first-order valence-electron chi connectivity index (χ1n) is 5.78. The molecule has 22 heavy (non-hydrogen) atoms. The lowest BCUT2D eigenvalue weighted by molar-refractivity contribution is -0.385. The molecule has 0 saturated heterocycles. The van der Waals surface area contributed by atoms with Gasteiger partial charge in [0.15, 0.2) is 0 Å². The lowest BCUT2D eigenvalue weighted by Gasteiger charge is -1.97. The molecule has 6 nitrogen and oxygen atoms in total. The topological polar surface area (TPSA) is 86.3 Å². The Morgan fingerprint density at radius 1 is 0.773 bits per heavy atom. The van der Waals surface area contributed by atoms with Crippen LogP contribution >= 0.6 is 31.9 Å². The summed E-state index contributed by atoms with van der Waals surface area (Å²) in [6.07, 6.45) is 0. The van der Waals surface area contributed by atoms with Crippen molar-refractivity contribution in [3.8, 4) is 11.8 Å². The maximum atomic E-state index is 11.0. The standard InChI is InChI=1S/C14H6Br2N2O4/c15-11-5-3-9(13(7-11)17(19)20)1-2-10-4-6-12(16)8-14(10)18(21)22/h3-8H. The largest absolute Gasteiger partial charge is 0.286 e. The Hall–Kier alpha value is -2.24. The molecule has 0 heterocycles. The SMILES string of the molecule is O=[N+]([O-])c1cc(Br)ccc1C#Cc1ccc(Br)cc1[N+](=O)[O-]. The fourth-order valence-electron chi connectivity index (χ4n) is 1.66. The van der Waals surface area contributed by atoms with Crippen LogP contribution in [0.3, 0.4) is 0 Å². The monoisotopic (exact) mass is 424 g/mol. The van der Waals surface area contributed by atoms with E-state index in [0.29, 0.717) is 8.95 Å². The second-order valence-corrected chi connectivity index (χ2v) is 5.92. The summed E-state index contributed by atoms with van der Waals surface area (Å²) in [5, 5.41) is 22.0. The van der Waals surface area contributed by atoms with Crippen molar-refractivity contribution in [2.45, 2.75) is 0 Å². The third-order valence-corrected chi connectivity index (χ3v) is 3.63. The molecule has 2 aromatic rings. The van der Waals surface area contributed by atoms with Crippen LogP contribution in [0, 0.1) is 32.1 Å². The zero-order valence-corrected chi connectivity index (χ0v) is 13.9. The Morgan fingerprint density at radius 3 is 1.45 bits per heavy atom. The van der Waals surface area contributed by atoms with Gasteiger partial charge in [0.2, 0.25) is 0 Å². The zero-order valence-electron chi connectivity index (χ0n) is 10.7. The van der Waals surface area contributed by atoms with Crippen molar-refractivity contribution in [1.29, 1.82) is 0 Å². The summed E-state index contributed by atoms with van der Waals surface area (Å²) in [7, 11) is 0. The van der Waals surface area contributed by atoms with Crippen LogP contribution in [0.15, 0.2) is 45.3 Å². The molecule has 2 aromatic carbocycles. The van der Waals surface area contributed by atoms with Crippen molar-refractivity contribution in [3.63, 3.8) is 0 Å². The number of hydrogen-bond donors (Lipinski definition) is 0. The molecule has 0 N–H and O–H groups in total. The van der Waals surface area contributed by atoms with Crippen LogP contribution in [-0.2, 0) is 0 Å². The molecule has 0 spiro atoms. The van der Waals surface area contributed by atoms with E-state index in [0.717, 1.165) is 0 Å². The summed E-state index contributed by atoms with van der Waals surface area (Å²) in [6.45, 7) is 0. The van der Waals surface area contributed by atoms with Gasteiger partial charge < -0.3 is 0 Å². The molecule has 0 aliphatic heterocycles. The fraction of sp³-hybridized carbons (Fsp3) is 0. The van der Waals surface area contributed by atoms with Crippen LogP contribution in [0.2, 0.25) is 0 Å². The molecule has 110 valence electrons. The second-order valence-electron chi connectivity index (χ2n) is 4.09. The Morgan fingerprint density at radius 2 is 1.14 bits per heavy atom. The molecule has 2 rings (SSSR count). The highest BCUT2D eigenvalue weighted by molar-refractivity contribution is 9.10. The summed E-state index contributed by atoms with van der Waals surface area (Å²) < 4.78 is 1.11. The lowest BCUT2D eigenvalue weighted by atomic mass is 10.1. The summed E-state index contributed by atoms with van der Waals surface area (Å²) in [5.74, 6) is 5.24. The first kappa shape index (κ1) is 16.1. The van der Waals surface area contributed by atoms with E-state index in [9.17, 15) is 20.2 Å². The van der Waals surface area contributed by atoms with Crippen LogP contribution in [0.1, 0.15) is 11.1 Å². The minimum atomic E-state index is -0.551. The van der Waals surface area contributed by atoms with E-state index in [-0.39, 0.29) is 22.5 Å². The van der Waals surface area contributed by atoms with Gasteiger partial charge in [-0.3, -0.25) is 20.2 Å². The Balaban J connectivity index is 2.52. The summed E-state index contributed by atoms with van der Waals surface area (Å²) in [5.41, 5.74) is 0.0408. The molecule has 0 unspecified atom stereocenters. The Labute approximate surface area is 141 Å². The third kappa shape index (κ3) is 3.69. The van der Waals surface area contributed by atoms with Gasteiger partial charge in [-0.2, -0.15) is 0 Å². The number of rotatable bonds is 2. The number of benzene rings is 2. The van der Waals surface area contributed by atoms with Crippen LogP contribution in [0.5, 0.6) is 0 Å². The van der Waals surface area contributed by atoms with Gasteiger partial charge in [-0.1, -0.05) is 43.7 Å². The number of nitro groups is 2. The highest BCUT2D eigenvalue weighted by Gasteiger charge is 2.14. The van der Waals surface area contributed by atoms with Crippen molar-refractivity contribution in [3.05, 3.63) is 76.7 Å². The normalized spacial score (nSPS) is 9.73. The van der Waals surface area contributed by atoms with E-state index in [2.05, 4.69) is 43.7 Å². The van der Waals surface area contributed by atoms with Gasteiger partial charge in [0.05, 0.1) is 9.85 Å². The maximum absolute atomic E-state index is 11.0. The first-order chi connectivity index (χ1) is 10.4. The minimum Gasteiger partial charge on any atom is -0.258 e. The van der Waals surface area contributed by atoms with Crippen LogP contribution in [0.4, 0.5) is 11.4 Å². The summed E-state index contributed by atoms with van der Waals surface area (Å²) >= 11 is 6.30. The molecule has 0 atom stereocenters. The van der Waals surface area contributed by atoms with Crippen LogP contribution in [0.25, 0.3) is 0 Å². The fourth-order valence-corrected chi connectivity index (χ4v) is 2.36. The van der Waals surface area contributed by atoms with E-state index >= 15 is 0 Å². The van der Waals surface area contributed by atoms with Gasteiger partial charge in [-0.15, -0.1) is 0 Å². The smallest absolute Gasteiger partial charge is 0.258 e. The number of hydrogen-bond acceptors (Lipinski definition) is 4. The van der Waals surface area contributed by atoms with Crippen LogP contribution in [-0.4, -0.2) is 9.85 Å². The van der Waals surface area contributed by atoms with Gasteiger partial charge in [-0.05, 0) is 24.3 Å². The van der Waals surface area contributed by atoms with Crippen molar-refractivity contribution in [2.75, 3.05) is 0 Å². The summed E-state index contributed by atoms with van der Waals surface area (Å²) in [6, 6.07) is 8.87. The molecule has 0 aliphatic carbocycles. The summed E-state index contributed by atoms with van der Waals surface area (Å²) in [4.78, 5) is 20.9. The highest BCUT2D eigenvalue weighted by atomic mass is 79.9. The van der Waals surface area contributed by atoms with Crippen molar-refractivity contribution in [2.24, 2.45) is 0 Å². The third-order valence-electron chi connectivity index (χ3n) is 2.64. The second kappa shape index (κ2) is 6.68. The molecule has 0 saturated carbocycles. The van der Waals surface area contributed by atoms with E-state index < -0.39 is 9.85 Å². The molecule has 0 amide bonds. The van der Waals surface area contributed by atoms with Gasteiger partial charge in [0.25, 0.3) is 11.4 Å². The highest BCUT2D eigenvalue weighted by Crippen LogP contribution is 2.25. The predicted molar refractivity (Wildman–Crippen MR) is 87.6 cm³/mol. The molecule has 0 fully saturated rings. The quantitative estimate of drug-likeness (QED) is 0.404. The predicted octanol–water partition coefficient (Wildman–Crippen LogP) is 4.43. The zero-order chi connectivity index (χ0) is 16.3. The maximum Gasteiger partial charge on any atom is 0.286 e. The average Bonchev–Trinajstić information content (AvgIpc) is 2.46. The van der Waals surface area contributed by atoms with Crippen molar-refractivity contribution in [1.82, 2.24) is 0 Å². The number of nitro benzene ring substituents is 2. The van der Waals surface area contributed by atoms with E-state index in [1.54, 1.807) is 12.1 Å².